The maximum absolute atomic E-state index is 11.3. The highest BCUT2D eigenvalue weighted by Gasteiger charge is 2.37. The van der Waals surface area contributed by atoms with Crippen LogP contribution in [-0.2, 0) is 4.79 Å². The number of carbonyl (C=O) groups is 2. The Bertz CT molecular complexity index is 287. The molecule has 1 fully saturated rings. The maximum Gasteiger partial charge on any atom is 0.344 e. The molecule has 0 aromatic rings. The van der Waals surface area contributed by atoms with Gasteiger partial charge in [-0.1, -0.05) is 6.92 Å². The van der Waals surface area contributed by atoms with Gasteiger partial charge in [0.1, 0.15) is 5.84 Å². The van der Waals surface area contributed by atoms with E-state index < -0.39 is 11.9 Å². The van der Waals surface area contributed by atoms with Gasteiger partial charge in [-0.3, -0.25) is 15.5 Å². The Balaban J connectivity index is 2.94. The molecule has 1 atom stereocenters. The second-order valence-electron chi connectivity index (χ2n) is 3.30. The molecule has 2 N–H and O–H groups in total. The van der Waals surface area contributed by atoms with Gasteiger partial charge in [0.05, 0.1) is 5.92 Å². The van der Waals surface area contributed by atoms with Gasteiger partial charge in [-0.2, -0.15) is 0 Å². The molecule has 1 aliphatic heterocycles. The van der Waals surface area contributed by atoms with Crippen LogP contribution in [-0.4, -0.2) is 41.9 Å². The number of amidine groups is 1. The van der Waals surface area contributed by atoms with E-state index >= 15 is 0 Å². The molecule has 1 aliphatic rings. The van der Waals surface area contributed by atoms with Crippen molar-refractivity contribution in [2.75, 3.05) is 14.1 Å². The number of carbonyl (C=O) groups excluding carboxylic acids is 2. The van der Waals surface area contributed by atoms with Gasteiger partial charge in [0.15, 0.2) is 0 Å². The molecule has 1 heterocycles. The van der Waals surface area contributed by atoms with E-state index in [4.69, 9.17) is 5.41 Å². The molecule has 6 nitrogen and oxygen atoms in total. The minimum atomic E-state index is -0.560. The molecule has 1 rings (SSSR count). The van der Waals surface area contributed by atoms with Crippen LogP contribution in [0.15, 0.2) is 0 Å². The van der Waals surface area contributed by atoms with Crippen LogP contribution < -0.4 is 5.32 Å². The summed E-state index contributed by atoms with van der Waals surface area (Å²) in [6.45, 7) is 1.81. The van der Waals surface area contributed by atoms with Crippen molar-refractivity contribution >= 4 is 17.8 Å². The van der Waals surface area contributed by atoms with Crippen LogP contribution in [0.5, 0.6) is 0 Å². The lowest BCUT2D eigenvalue weighted by Gasteiger charge is -2.35. The molecule has 0 aliphatic carbocycles. The number of hydrogen-bond acceptors (Lipinski definition) is 4. The second-order valence-corrected chi connectivity index (χ2v) is 3.30. The molecule has 0 bridgehead atoms. The molecule has 1 unspecified atom stereocenters. The lowest BCUT2D eigenvalue weighted by Crippen LogP contribution is -2.61. The van der Waals surface area contributed by atoms with E-state index in [0.717, 1.165) is 5.01 Å². The van der Waals surface area contributed by atoms with Crippen molar-refractivity contribution in [1.82, 2.24) is 15.3 Å². The van der Waals surface area contributed by atoms with E-state index in [-0.39, 0.29) is 11.7 Å². The van der Waals surface area contributed by atoms with Crippen molar-refractivity contribution < 1.29 is 9.59 Å². The fourth-order valence-corrected chi connectivity index (χ4v) is 1.40. The van der Waals surface area contributed by atoms with Crippen molar-refractivity contribution in [2.24, 2.45) is 5.92 Å². The summed E-state index contributed by atoms with van der Waals surface area (Å²) in [6.07, 6.45) is 0.516. The maximum atomic E-state index is 11.3. The average Bonchev–Trinajstić information content (AvgIpc) is 2.02. The highest BCUT2D eigenvalue weighted by atomic mass is 16.2. The minimum absolute atomic E-state index is 0.0336. The zero-order valence-electron chi connectivity index (χ0n) is 8.50. The fraction of sp³-hybridized carbons (Fsp3) is 0.625. The number of nitrogens with one attached hydrogen (secondary N) is 2. The van der Waals surface area contributed by atoms with Crippen LogP contribution in [0.4, 0.5) is 4.79 Å². The quantitative estimate of drug-likeness (QED) is 0.656. The zero-order valence-corrected chi connectivity index (χ0v) is 8.50. The first-order valence-corrected chi connectivity index (χ1v) is 4.39. The molecule has 0 aromatic carbocycles. The molecule has 0 saturated carbocycles. The smallest absolute Gasteiger partial charge is 0.286 e. The summed E-state index contributed by atoms with van der Waals surface area (Å²) in [5.74, 6) is -0.887. The topological polar surface area (TPSA) is 76.5 Å². The highest BCUT2D eigenvalue weighted by Crippen LogP contribution is 2.14. The van der Waals surface area contributed by atoms with Crippen LogP contribution in [0.25, 0.3) is 0 Å². The van der Waals surface area contributed by atoms with Gasteiger partial charge < -0.3 is 0 Å². The predicted molar refractivity (Wildman–Crippen MR) is 50.6 cm³/mol. The van der Waals surface area contributed by atoms with E-state index in [9.17, 15) is 9.59 Å². The third-order valence-corrected chi connectivity index (χ3v) is 2.11. The summed E-state index contributed by atoms with van der Waals surface area (Å²) >= 11 is 0. The van der Waals surface area contributed by atoms with Crippen LogP contribution in [0.3, 0.4) is 0 Å². The van der Waals surface area contributed by atoms with Gasteiger partial charge in [-0.05, 0) is 6.42 Å². The standard InChI is InChI=1S/C8H14N4O2/c1-4-5-6(9)12(11(2)3)8(14)10-7(5)13/h5,9H,4H2,1-3H3,(H,10,13,14). The Hall–Kier alpha value is -1.43. The molecule has 3 amide bonds. The lowest BCUT2D eigenvalue weighted by atomic mass is 10.0. The largest absolute Gasteiger partial charge is 0.344 e. The molecule has 0 spiro atoms. The average molecular weight is 198 g/mol. The Morgan fingerprint density at radius 1 is 1.50 bits per heavy atom. The summed E-state index contributed by atoms with van der Waals surface area (Å²) in [7, 11) is 3.30. The first kappa shape index (κ1) is 10.6. The lowest BCUT2D eigenvalue weighted by molar-refractivity contribution is -0.123. The minimum Gasteiger partial charge on any atom is -0.286 e. The van der Waals surface area contributed by atoms with Crippen LogP contribution in [0.2, 0.25) is 0 Å². The molecule has 14 heavy (non-hydrogen) atoms. The highest BCUT2D eigenvalue weighted by molar-refractivity contribution is 6.16. The van der Waals surface area contributed by atoms with Gasteiger partial charge in [-0.15, -0.1) is 0 Å². The monoisotopic (exact) mass is 198 g/mol. The predicted octanol–water partition coefficient (Wildman–Crippen LogP) is 0.0183. The molecular formula is C8H14N4O2. The molecule has 0 radical (unpaired) electrons. The van der Waals surface area contributed by atoms with Crippen LogP contribution in [0.1, 0.15) is 13.3 Å². The number of urea groups is 1. The summed E-state index contributed by atoms with van der Waals surface area (Å²) in [4.78, 5) is 22.6. The van der Waals surface area contributed by atoms with Crippen molar-refractivity contribution in [3.8, 4) is 0 Å². The second kappa shape index (κ2) is 3.75. The van der Waals surface area contributed by atoms with E-state index in [1.807, 2.05) is 6.92 Å². The molecule has 78 valence electrons. The zero-order chi connectivity index (χ0) is 10.9. The number of hydrogen-bond donors (Lipinski definition) is 2. The Labute approximate surface area is 82.3 Å². The molecule has 1 saturated heterocycles. The van der Waals surface area contributed by atoms with Gasteiger partial charge in [0.25, 0.3) is 0 Å². The molecule has 0 aromatic heterocycles. The summed E-state index contributed by atoms with van der Waals surface area (Å²) < 4.78 is 0. The van der Waals surface area contributed by atoms with Crippen molar-refractivity contribution in [2.45, 2.75) is 13.3 Å². The van der Waals surface area contributed by atoms with Gasteiger partial charge >= 0.3 is 6.03 Å². The van der Waals surface area contributed by atoms with Crippen molar-refractivity contribution in [1.29, 1.82) is 5.41 Å². The van der Waals surface area contributed by atoms with Crippen LogP contribution in [0, 0.1) is 11.3 Å². The van der Waals surface area contributed by atoms with Gasteiger partial charge in [-0.25, -0.2) is 14.8 Å². The first-order valence-electron chi connectivity index (χ1n) is 4.39. The summed E-state index contributed by atoms with van der Waals surface area (Å²) in [5.41, 5.74) is 0. The normalized spacial score (nSPS) is 23.0. The number of nitrogens with zero attached hydrogens (tertiary/aromatic N) is 2. The Morgan fingerprint density at radius 3 is 2.50 bits per heavy atom. The summed E-state index contributed by atoms with van der Waals surface area (Å²) in [6, 6.07) is -0.560. The van der Waals surface area contributed by atoms with Gasteiger partial charge in [0.2, 0.25) is 5.91 Å². The third kappa shape index (κ3) is 1.60. The van der Waals surface area contributed by atoms with Gasteiger partial charge in [0, 0.05) is 14.1 Å². The van der Waals surface area contributed by atoms with E-state index in [1.54, 1.807) is 14.1 Å². The Kier molecular flexibility index (Phi) is 2.85. The third-order valence-electron chi connectivity index (χ3n) is 2.11. The molecule has 6 heteroatoms. The first-order chi connectivity index (χ1) is 6.49. The fourth-order valence-electron chi connectivity index (χ4n) is 1.40. The number of imide groups is 1. The van der Waals surface area contributed by atoms with E-state index in [0.29, 0.717) is 6.42 Å². The number of hydrazine groups is 1. The number of amides is 3. The van der Waals surface area contributed by atoms with E-state index in [2.05, 4.69) is 5.32 Å². The van der Waals surface area contributed by atoms with Crippen LogP contribution >= 0.6 is 0 Å². The summed E-state index contributed by atoms with van der Waals surface area (Å²) in [5, 5.41) is 12.5. The van der Waals surface area contributed by atoms with Crippen molar-refractivity contribution in [3.05, 3.63) is 0 Å². The Morgan fingerprint density at radius 2 is 2.07 bits per heavy atom. The molecular weight excluding hydrogens is 184 g/mol. The SMILES string of the molecule is CCC1C(=N)N(N(C)C)C(=O)NC1=O. The van der Waals surface area contributed by atoms with Crippen molar-refractivity contribution in [3.63, 3.8) is 0 Å². The number of rotatable bonds is 2. The van der Waals surface area contributed by atoms with E-state index in [1.165, 1.54) is 5.01 Å².